The van der Waals surface area contributed by atoms with E-state index in [0.717, 1.165) is 12.4 Å². The molecule has 0 fully saturated rings. The molecule has 0 saturated heterocycles. The normalized spacial score (nSPS) is 10.1. The minimum atomic E-state index is -0.932. The van der Waals surface area contributed by atoms with Gasteiger partial charge < -0.3 is 0 Å². The number of benzene rings is 2. The first-order valence-electron chi connectivity index (χ1n) is 8.89. The fourth-order valence-corrected chi connectivity index (χ4v) is 2.75. The van der Waals surface area contributed by atoms with E-state index < -0.39 is 44.7 Å². The quantitative estimate of drug-likeness (QED) is 0.279. The van der Waals surface area contributed by atoms with Crippen LogP contribution in [0.1, 0.15) is 20.7 Å². The zero-order valence-electron chi connectivity index (χ0n) is 16.3. The number of nitrogens with zero attached hydrogens (tertiary/aromatic N) is 4. The van der Waals surface area contributed by atoms with Crippen LogP contribution in [0.2, 0.25) is 5.02 Å². The number of carbonyl (C=O) groups is 2. The molecule has 0 unspecified atom stereocenters. The van der Waals surface area contributed by atoms with Crippen molar-refractivity contribution in [1.29, 1.82) is 0 Å². The van der Waals surface area contributed by atoms with Gasteiger partial charge in [-0.3, -0.25) is 51.5 Å². The number of nitro benzene ring substituents is 1. The van der Waals surface area contributed by atoms with Crippen LogP contribution in [0.4, 0.5) is 23.0 Å². The van der Waals surface area contributed by atoms with Gasteiger partial charge in [-0.25, -0.2) is 9.97 Å². The van der Waals surface area contributed by atoms with Gasteiger partial charge in [0.15, 0.2) is 0 Å². The topological polar surface area (TPSA) is 194 Å². The molecular formula is C18H13ClN8O6. The molecule has 168 valence electrons. The number of hydrazine groups is 2. The Morgan fingerprint density at radius 1 is 0.848 bits per heavy atom. The molecule has 0 aliphatic heterocycles. The Balaban J connectivity index is 1.77. The van der Waals surface area contributed by atoms with E-state index in [1.807, 2.05) is 0 Å². The lowest BCUT2D eigenvalue weighted by molar-refractivity contribution is -0.385. The highest BCUT2D eigenvalue weighted by Gasteiger charge is 2.25. The zero-order valence-corrected chi connectivity index (χ0v) is 17.1. The first kappa shape index (κ1) is 22.8. The van der Waals surface area contributed by atoms with Crippen LogP contribution in [0.15, 0.2) is 54.9 Å². The summed E-state index contributed by atoms with van der Waals surface area (Å²) in [7, 11) is 0. The van der Waals surface area contributed by atoms with Gasteiger partial charge in [-0.2, -0.15) is 0 Å². The van der Waals surface area contributed by atoms with Crippen molar-refractivity contribution in [3.8, 4) is 0 Å². The average molecular weight is 473 g/mol. The van der Waals surface area contributed by atoms with Gasteiger partial charge >= 0.3 is 5.69 Å². The average Bonchev–Trinajstić information content (AvgIpc) is 2.80. The predicted octanol–water partition coefficient (Wildman–Crippen LogP) is 2.46. The summed E-state index contributed by atoms with van der Waals surface area (Å²) in [6.45, 7) is 0. The third-order valence-corrected chi connectivity index (χ3v) is 4.26. The second-order valence-corrected chi connectivity index (χ2v) is 6.56. The molecule has 14 nitrogen and oxygen atoms in total. The van der Waals surface area contributed by atoms with Crippen LogP contribution in [0, 0.1) is 20.2 Å². The number of para-hydroxylation sites is 1. The van der Waals surface area contributed by atoms with Crippen molar-refractivity contribution in [2.75, 3.05) is 10.9 Å². The van der Waals surface area contributed by atoms with Crippen LogP contribution in [0.3, 0.4) is 0 Å². The Labute approximate surface area is 189 Å². The van der Waals surface area contributed by atoms with Crippen molar-refractivity contribution < 1.29 is 19.4 Å². The molecule has 1 aromatic heterocycles. The van der Waals surface area contributed by atoms with Crippen molar-refractivity contribution in [1.82, 2.24) is 20.8 Å². The van der Waals surface area contributed by atoms with Crippen molar-refractivity contribution in [2.45, 2.75) is 0 Å². The highest BCUT2D eigenvalue weighted by atomic mass is 35.5. The molecule has 4 N–H and O–H groups in total. The van der Waals surface area contributed by atoms with E-state index in [-0.39, 0.29) is 11.1 Å². The molecule has 15 heteroatoms. The van der Waals surface area contributed by atoms with Crippen molar-refractivity contribution >= 4 is 46.4 Å². The maximum absolute atomic E-state index is 12.3. The van der Waals surface area contributed by atoms with Gasteiger partial charge in [-0.05, 0) is 24.3 Å². The van der Waals surface area contributed by atoms with Crippen LogP contribution in [0.5, 0.6) is 0 Å². The molecule has 0 aliphatic carbocycles. The summed E-state index contributed by atoms with van der Waals surface area (Å²) in [4.78, 5) is 53.0. The first-order valence-corrected chi connectivity index (χ1v) is 9.27. The number of anilines is 2. The number of rotatable bonds is 8. The Morgan fingerprint density at radius 2 is 1.48 bits per heavy atom. The summed E-state index contributed by atoms with van der Waals surface area (Å²) < 4.78 is 0. The van der Waals surface area contributed by atoms with Crippen molar-refractivity contribution in [3.05, 3.63) is 91.2 Å². The van der Waals surface area contributed by atoms with Crippen LogP contribution >= 0.6 is 11.6 Å². The van der Waals surface area contributed by atoms with E-state index in [1.165, 1.54) is 30.3 Å². The Bertz CT molecular complexity index is 1250. The maximum atomic E-state index is 12.3. The van der Waals surface area contributed by atoms with Crippen molar-refractivity contribution in [3.63, 3.8) is 0 Å². The Kier molecular flexibility index (Phi) is 6.90. The van der Waals surface area contributed by atoms with Gasteiger partial charge in [0, 0.05) is 16.7 Å². The third-order valence-electron chi connectivity index (χ3n) is 4.03. The van der Waals surface area contributed by atoms with Crippen molar-refractivity contribution in [2.24, 2.45) is 0 Å². The first-order chi connectivity index (χ1) is 15.8. The molecule has 2 amide bonds. The van der Waals surface area contributed by atoms with Gasteiger partial charge in [0.05, 0.1) is 9.85 Å². The lowest BCUT2D eigenvalue weighted by Crippen LogP contribution is -2.32. The highest BCUT2D eigenvalue weighted by molar-refractivity contribution is 6.31. The number of hydrogen-bond acceptors (Lipinski definition) is 10. The summed E-state index contributed by atoms with van der Waals surface area (Å²) in [6.07, 6.45) is 0.931. The summed E-state index contributed by atoms with van der Waals surface area (Å²) in [6, 6.07) is 11.1. The van der Waals surface area contributed by atoms with Gasteiger partial charge in [0.1, 0.15) is 11.9 Å². The Morgan fingerprint density at radius 3 is 2.09 bits per heavy atom. The molecular weight excluding hydrogens is 460 g/mol. The van der Waals surface area contributed by atoms with E-state index in [1.54, 1.807) is 12.1 Å². The van der Waals surface area contributed by atoms with Gasteiger partial charge in [-0.15, -0.1) is 0 Å². The molecule has 0 saturated carbocycles. The van der Waals surface area contributed by atoms with Gasteiger partial charge in [0.2, 0.25) is 11.6 Å². The monoisotopic (exact) mass is 472 g/mol. The largest absolute Gasteiger partial charge is 0.356 e. The minimum absolute atomic E-state index is 0.182. The van der Waals surface area contributed by atoms with Crippen LogP contribution in [-0.4, -0.2) is 31.6 Å². The van der Waals surface area contributed by atoms with Gasteiger partial charge in [0.25, 0.3) is 17.5 Å². The minimum Gasteiger partial charge on any atom is -0.276 e. The smallest absolute Gasteiger partial charge is 0.276 e. The van der Waals surface area contributed by atoms with Crippen LogP contribution < -0.4 is 21.7 Å². The molecule has 1 heterocycles. The van der Waals surface area contributed by atoms with Gasteiger partial charge in [-0.1, -0.05) is 29.8 Å². The fourth-order valence-electron chi connectivity index (χ4n) is 2.56. The second-order valence-electron chi connectivity index (χ2n) is 6.12. The Hall–Kier alpha value is -4.85. The number of aromatic nitrogens is 2. The molecule has 0 radical (unpaired) electrons. The standard InChI is InChI=1S/C18H13ClN8O6/c19-11-5-3-4-10(8-11)17(28)24-22-15-14(27(32)33)16(21-9-20-15)23-25-18(29)12-6-1-2-7-13(12)26(30)31/h1-9H,(H,24,28)(H,25,29)(H2,20,21,22,23). The van der Waals surface area contributed by atoms with E-state index in [2.05, 4.69) is 31.7 Å². The van der Waals surface area contributed by atoms with Crippen LogP contribution in [-0.2, 0) is 0 Å². The summed E-state index contributed by atoms with van der Waals surface area (Å²) in [5.41, 5.74) is 7.64. The highest BCUT2D eigenvalue weighted by Crippen LogP contribution is 2.28. The summed E-state index contributed by atoms with van der Waals surface area (Å²) >= 11 is 5.83. The number of nitrogens with one attached hydrogen (secondary N) is 4. The maximum Gasteiger partial charge on any atom is 0.356 e. The second kappa shape index (κ2) is 9.97. The lowest BCUT2D eigenvalue weighted by Gasteiger charge is -2.11. The SMILES string of the molecule is O=C(NNc1ncnc(NNC(=O)c2ccccc2[N+](=O)[O-])c1[N+](=O)[O-])c1cccc(Cl)c1. The summed E-state index contributed by atoms with van der Waals surface area (Å²) in [5.74, 6) is -2.42. The van der Waals surface area contributed by atoms with Crippen LogP contribution in [0.25, 0.3) is 0 Å². The number of carbonyl (C=O) groups excluding carboxylic acids is 2. The number of nitro groups is 2. The lowest BCUT2D eigenvalue weighted by atomic mass is 10.2. The molecule has 0 atom stereocenters. The fraction of sp³-hybridized carbons (Fsp3) is 0. The third kappa shape index (κ3) is 5.45. The van der Waals surface area contributed by atoms with E-state index >= 15 is 0 Å². The zero-order chi connectivity index (χ0) is 24.0. The number of amides is 2. The number of halogens is 1. The predicted molar refractivity (Wildman–Crippen MR) is 115 cm³/mol. The molecule has 33 heavy (non-hydrogen) atoms. The van der Waals surface area contributed by atoms with E-state index in [4.69, 9.17) is 11.6 Å². The molecule has 2 aromatic carbocycles. The van der Waals surface area contributed by atoms with E-state index in [9.17, 15) is 29.8 Å². The molecule has 0 spiro atoms. The number of hydrogen-bond donors (Lipinski definition) is 4. The molecule has 3 aromatic rings. The molecule has 0 bridgehead atoms. The van der Waals surface area contributed by atoms with E-state index in [0.29, 0.717) is 5.02 Å². The summed E-state index contributed by atoms with van der Waals surface area (Å²) in [5, 5.41) is 23.0. The molecule has 0 aliphatic rings. The molecule has 3 rings (SSSR count).